The molecule has 0 fully saturated rings. The Bertz CT molecular complexity index is 1060. The Morgan fingerprint density at radius 2 is 1.80 bits per heavy atom. The van der Waals surface area contributed by atoms with Crippen LogP contribution in [-0.4, -0.2) is 27.5 Å². The second kappa shape index (κ2) is 9.94. The van der Waals surface area contributed by atoms with E-state index < -0.39 is 10.8 Å². The first-order chi connectivity index (χ1) is 14.4. The van der Waals surface area contributed by atoms with Gasteiger partial charge in [-0.05, 0) is 36.4 Å². The van der Waals surface area contributed by atoms with Crippen molar-refractivity contribution < 1.29 is 18.9 Å². The van der Waals surface area contributed by atoms with Gasteiger partial charge in [-0.3, -0.25) is 25.0 Å². The summed E-state index contributed by atoms with van der Waals surface area (Å²) in [6.45, 7) is 0. The molecule has 3 aromatic rings. The Hall–Kier alpha value is -3.31. The van der Waals surface area contributed by atoms with Crippen LogP contribution in [0, 0.1) is 15.9 Å². The minimum absolute atomic E-state index is 0.0939. The second-order valence-electron chi connectivity index (χ2n) is 5.95. The highest BCUT2D eigenvalue weighted by atomic mass is 32.2. The summed E-state index contributed by atoms with van der Waals surface area (Å²) in [5, 5.41) is 18.1. The van der Waals surface area contributed by atoms with Gasteiger partial charge in [-0.25, -0.2) is 9.37 Å². The molecule has 0 bridgehead atoms. The summed E-state index contributed by atoms with van der Waals surface area (Å²) in [6, 6.07) is 10.8. The molecule has 2 aromatic carbocycles. The van der Waals surface area contributed by atoms with Crippen LogP contribution in [0.25, 0.3) is 0 Å². The van der Waals surface area contributed by atoms with Gasteiger partial charge in [0.2, 0.25) is 5.91 Å². The molecule has 3 rings (SSSR count). The van der Waals surface area contributed by atoms with Gasteiger partial charge in [-0.15, -0.1) is 23.1 Å². The largest absolute Gasteiger partial charge is 0.325 e. The fourth-order valence-electron chi connectivity index (χ4n) is 2.31. The van der Waals surface area contributed by atoms with Crippen molar-refractivity contribution in [3.05, 3.63) is 81.1 Å². The number of benzene rings is 2. The molecular weight excluding hydrogens is 431 g/mol. The lowest BCUT2D eigenvalue weighted by Crippen LogP contribution is -2.14. The highest BCUT2D eigenvalue weighted by Gasteiger charge is 2.12. The molecule has 0 saturated carbocycles. The van der Waals surface area contributed by atoms with Gasteiger partial charge in [0.1, 0.15) is 5.82 Å². The summed E-state index contributed by atoms with van der Waals surface area (Å²) >= 11 is 2.59. The summed E-state index contributed by atoms with van der Waals surface area (Å²) in [6.07, 6.45) is 0. The first kappa shape index (κ1) is 21.4. The molecule has 2 amide bonds. The zero-order valence-corrected chi connectivity index (χ0v) is 17.0. The first-order valence-corrected chi connectivity index (χ1v) is 10.6. The van der Waals surface area contributed by atoms with Crippen molar-refractivity contribution in [2.24, 2.45) is 0 Å². The molecule has 0 radical (unpaired) electrons. The van der Waals surface area contributed by atoms with E-state index in [0.717, 1.165) is 0 Å². The normalized spacial score (nSPS) is 10.4. The smallest absolute Gasteiger partial charge is 0.269 e. The number of rotatable bonds is 8. The molecule has 0 atom stereocenters. The Labute approximate surface area is 178 Å². The van der Waals surface area contributed by atoms with Crippen molar-refractivity contribution in [1.29, 1.82) is 0 Å². The first-order valence-electron chi connectivity index (χ1n) is 8.54. The number of nitrogens with zero attached hydrogens (tertiary/aromatic N) is 2. The van der Waals surface area contributed by atoms with E-state index in [9.17, 15) is 24.1 Å². The number of halogens is 1. The van der Waals surface area contributed by atoms with Crippen molar-refractivity contribution in [3.63, 3.8) is 0 Å². The van der Waals surface area contributed by atoms with Gasteiger partial charge >= 0.3 is 0 Å². The lowest BCUT2D eigenvalue weighted by molar-refractivity contribution is -0.384. The zero-order valence-electron chi connectivity index (χ0n) is 15.3. The Kier molecular flexibility index (Phi) is 7.09. The molecule has 0 saturated heterocycles. The maximum atomic E-state index is 12.9. The number of carbonyl (C=O) groups is 2. The van der Waals surface area contributed by atoms with Crippen LogP contribution >= 0.6 is 23.1 Å². The van der Waals surface area contributed by atoms with Crippen molar-refractivity contribution in [1.82, 2.24) is 4.98 Å². The van der Waals surface area contributed by atoms with Gasteiger partial charge in [-0.2, -0.15) is 0 Å². The standard InChI is InChI=1S/C19H15FN4O4S2/c20-13-3-5-14(6-4-13)21-17(25)11-29-9-15-10-30-19(22-15)23-18(26)12-1-7-16(8-2-12)24(27)28/h1-8,10H,9,11H2,(H,21,25)(H,22,23,26). The predicted molar refractivity (Wildman–Crippen MR) is 114 cm³/mol. The summed E-state index contributed by atoms with van der Waals surface area (Å²) in [4.78, 5) is 38.6. The van der Waals surface area contributed by atoms with E-state index in [1.54, 1.807) is 5.38 Å². The molecule has 0 unspecified atom stereocenters. The fraction of sp³-hybridized carbons (Fsp3) is 0.105. The van der Waals surface area contributed by atoms with Crippen molar-refractivity contribution in [2.75, 3.05) is 16.4 Å². The average molecular weight is 446 g/mol. The van der Waals surface area contributed by atoms with E-state index in [1.807, 2.05) is 0 Å². The summed E-state index contributed by atoms with van der Waals surface area (Å²) in [5.74, 6) is -0.340. The molecule has 0 spiro atoms. The molecule has 0 aliphatic rings. The third-order valence-electron chi connectivity index (χ3n) is 3.72. The minimum atomic E-state index is -0.535. The SMILES string of the molecule is O=C(CSCc1csc(NC(=O)c2ccc([N+](=O)[O-])cc2)n1)Nc1ccc(F)cc1. The average Bonchev–Trinajstić information content (AvgIpc) is 3.17. The van der Waals surface area contributed by atoms with Gasteiger partial charge in [0.25, 0.3) is 11.6 Å². The molecule has 1 aromatic heterocycles. The van der Waals surface area contributed by atoms with Crippen LogP contribution in [-0.2, 0) is 10.5 Å². The van der Waals surface area contributed by atoms with Gasteiger partial charge in [0.05, 0.1) is 16.4 Å². The number of hydrogen-bond donors (Lipinski definition) is 2. The molecular formula is C19H15FN4O4S2. The van der Waals surface area contributed by atoms with E-state index in [2.05, 4.69) is 15.6 Å². The number of nitro benzene ring substituents is 1. The molecule has 154 valence electrons. The molecule has 30 heavy (non-hydrogen) atoms. The lowest BCUT2D eigenvalue weighted by Gasteiger charge is -2.04. The van der Waals surface area contributed by atoms with Gasteiger partial charge in [-0.1, -0.05) is 0 Å². The Morgan fingerprint density at radius 3 is 2.47 bits per heavy atom. The maximum Gasteiger partial charge on any atom is 0.269 e. The van der Waals surface area contributed by atoms with Crippen LogP contribution in [0.4, 0.5) is 20.9 Å². The van der Waals surface area contributed by atoms with Gasteiger partial charge in [0, 0.05) is 34.5 Å². The van der Waals surface area contributed by atoms with E-state index >= 15 is 0 Å². The number of thiazole rings is 1. The van der Waals surface area contributed by atoms with E-state index in [0.29, 0.717) is 22.3 Å². The van der Waals surface area contributed by atoms with Gasteiger partial charge < -0.3 is 5.32 Å². The van der Waals surface area contributed by atoms with Crippen LogP contribution in [0.15, 0.2) is 53.9 Å². The highest BCUT2D eigenvalue weighted by Crippen LogP contribution is 2.21. The zero-order chi connectivity index (χ0) is 21.5. The van der Waals surface area contributed by atoms with E-state index in [1.165, 1.54) is 71.6 Å². The molecule has 1 heterocycles. The molecule has 8 nitrogen and oxygen atoms in total. The Morgan fingerprint density at radius 1 is 1.10 bits per heavy atom. The third kappa shape index (κ3) is 6.09. The van der Waals surface area contributed by atoms with Crippen LogP contribution in [0.1, 0.15) is 16.1 Å². The second-order valence-corrected chi connectivity index (χ2v) is 7.79. The molecule has 11 heteroatoms. The summed E-state index contributed by atoms with van der Waals surface area (Å²) in [7, 11) is 0. The maximum absolute atomic E-state index is 12.9. The summed E-state index contributed by atoms with van der Waals surface area (Å²) in [5.41, 5.74) is 1.42. The number of aromatic nitrogens is 1. The monoisotopic (exact) mass is 446 g/mol. The minimum Gasteiger partial charge on any atom is -0.325 e. The van der Waals surface area contributed by atoms with Crippen molar-refractivity contribution in [2.45, 2.75) is 5.75 Å². The number of hydrogen-bond acceptors (Lipinski definition) is 7. The number of non-ortho nitro benzene ring substituents is 1. The number of amides is 2. The number of nitrogens with one attached hydrogen (secondary N) is 2. The molecule has 0 aliphatic carbocycles. The van der Waals surface area contributed by atoms with Crippen LogP contribution < -0.4 is 10.6 Å². The van der Waals surface area contributed by atoms with Crippen LogP contribution in [0.2, 0.25) is 0 Å². The molecule has 2 N–H and O–H groups in total. The predicted octanol–water partition coefficient (Wildman–Crippen LogP) is 4.31. The number of thioether (sulfide) groups is 1. The molecule has 0 aliphatic heterocycles. The summed E-state index contributed by atoms with van der Waals surface area (Å²) < 4.78 is 12.9. The van der Waals surface area contributed by atoms with E-state index in [-0.39, 0.29) is 28.7 Å². The fourth-order valence-corrected chi connectivity index (χ4v) is 3.84. The van der Waals surface area contributed by atoms with Crippen molar-refractivity contribution in [3.8, 4) is 0 Å². The van der Waals surface area contributed by atoms with Gasteiger partial charge in [0.15, 0.2) is 5.13 Å². The number of nitro groups is 1. The van der Waals surface area contributed by atoms with E-state index in [4.69, 9.17) is 0 Å². The number of anilines is 2. The highest BCUT2D eigenvalue weighted by molar-refractivity contribution is 7.99. The lowest BCUT2D eigenvalue weighted by atomic mass is 10.2. The van der Waals surface area contributed by atoms with Crippen LogP contribution in [0.5, 0.6) is 0 Å². The third-order valence-corrected chi connectivity index (χ3v) is 5.50. The topological polar surface area (TPSA) is 114 Å². The van der Waals surface area contributed by atoms with Crippen LogP contribution in [0.3, 0.4) is 0 Å². The Balaban J connectivity index is 1.45. The number of carbonyl (C=O) groups excluding carboxylic acids is 2. The quantitative estimate of drug-likeness (QED) is 0.394. The van der Waals surface area contributed by atoms with Crippen molar-refractivity contribution >= 4 is 51.4 Å².